The Morgan fingerprint density at radius 1 is 1.24 bits per heavy atom. The van der Waals surface area contributed by atoms with Crippen molar-refractivity contribution in [1.82, 2.24) is 0 Å². The fraction of sp³-hybridized carbons (Fsp3) is 0.562. The topological polar surface area (TPSA) is 75.4 Å². The number of benzene rings is 1. The fourth-order valence-corrected chi connectivity index (χ4v) is 3.83. The summed E-state index contributed by atoms with van der Waals surface area (Å²) in [5.74, 6) is 1.07. The lowest BCUT2D eigenvalue weighted by Crippen LogP contribution is -2.42. The average molecular weight is 311 g/mol. The number of hydrogen-bond donors (Lipinski definition) is 3. The molecule has 2 saturated carbocycles. The van der Waals surface area contributed by atoms with E-state index in [1.54, 1.807) is 0 Å². The minimum Gasteiger partial charge on any atom is -0.396 e. The maximum Gasteiger partial charge on any atom is 0.229 e. The normalized spacial score (nSPS) is 30.0. The number of aliphatic hydroxyl groups excluding tert-OH is 1. The maximum atomic E-state index is 12.4. The molecule has 1 aromatic carbocycles. The molecule has 21 heavy (non-hydrogen) atoms. The molecule has 0 spiro atoms. The molecule has 4 atom stereocenters. The first kappa shape index (κ1) is 16.3. The minimum atomic E-state index is -0.0223. The summed E-state index contributed by atoms with van der Waals surface area (Å²) >= 11 is 0. The lowest BCUT2D eigenvalue weighted by molar-refractivity contribution is -0.121. The van der Waals surface area contributed by atoms with E-state index < -0.39 is 0 Å². The Morgan fingerprint density at radius 3 is 2.48 bits per heavy atom. The molecule has 2 bridgehead atoms. The van der Waals surface area contributed by atoms with Gasteiger partial charge in [-0.3, -0.25) is 4.79 Å². The molecule has 5 heteroatoms. The van der Waals surface area contributed by atoms with Gasteiger partial charge in [-0.1, -0.05) is 12.1 Å². The summed E-state index contributed by atoms with van der Waals surface area (Å²) in [6.07, 6.45) is 4.09. The third kappa shape index (κ3) is 3.23. The van der Waals surface area contributed by atoms with E-state index >= 15 is 0 Å². The summed E-state index contributed by atoms with van der Waals surface area (Å²) in [7, 11) is 0. The molecule has 4 nitrogen and oxygen atoms in total. The monoisotopic (exact) mass is 310 g/mol. The van der Waals surface area contributed by atoms with E-state index in [-0.39, 0.29) is 36.9 Å². The van der Waals surface area contributed by atoms with Gasteiger partial charge in [0, 0.05) is 18.3 Å². The number of anilines is 1. The van der Waals surface area contributed by atoms with Crippen molar-refractivity contribution in [2.75, 3.05) is 11.9 Å². The SMILES string of the molecule is Cl.NC1C2CCC(C2)C1C(=O)Nc1ccc(CCO)cc1. The predicted octanol–water partition coefficient (Wildman–Crippen LogP) is 1.96. The van der Waals surface area contributed by atoms with Crippen LogP contribution in [0.25, 0.3) is 0 Å². The molecule has 116 valence electrons. The van der Waals surface area contributed by atoms with Gasteiger partial charge in [-0.25, -0.2) is 0 Å². The van der Waals surface area contributed by atoms with Gasteiger partial charge < -0.3 is 16.2 Å². The van der Waals surface area contributed by atoms with E-state index in [1.165, 1.54) is 6.42 Å². The Hall–Kier alpha value is -1.10. The second-order valence-electron chi connectivity index (χ2n) is 6.10. The van der Waals surface area contributed by atoms with Crippen LogP contribution in [0.4, 0.5) is 5.69 Å². The van der Waals surface area contributed by atoms with Gasteiger partial charge in [-0.2, -0.15) is 0 Å². The highest BCUT2D eigenvalue weighted by molar-refractivity contribution is 5.93. The maximum absolute atomic E-state index is 12.4. The van der Waals surface area contributed by atoms with Crippen molar-refractivity contribution in [3.05, 3.63) is 29.8 Å². The summed E-state index contributed by atoms with van der Waals surface area (Å²) < 4.78 is 0. The van der Waals surface area contributed by atoms with Crippen LogP contribution < -0.4 is 11.1 Å². The van der Waals surface area contributed by atoms with E-state index in [0.29, 0.717) is 18.3 Å². The number of rotatable bonds is 4. The van der Waals surface area contributed by atoms with Gasteiger partial charge in [-0.05, 0) is 55.2 Å². The second kappa shape index (κ2) is 6.77. The van der Waals surface area contributed by atoms with Gasteiger partial charge in [0.2, 0.25) is 5.91 Å². The molecule has 4 unspecified atom stereocenters. The van der Waals surface area contributed by atoms with Crippen LogP contribution in [0.5, 0.6) is 0 Å². The van der Waals surface area contributed by atoms with Crippen molar-refractivity contribution in [2.45, 2.75) is 31.7 Å². The molecule has 3 rings (SSSR count). The first-order chi connectivity index (χ1) is 9.69. The van der Waals surface area contributed by atoms with Crippen molar-refractivity contribution in [3.8, 4) is 0 Å². The summed E-state index contributed by atoms with van der Waals surface area (Å²) in [4.78, 5) is 12.4. The first-order valence-corrected chi connectivity index (χ1v) is 7.45. The smallest absolute Gasteiger partial charge is 0.229 e. The van der Waals surface area contributed by atoms with E-state index in [2.05, 4.69) is 5.32 Å². The van der Waals surface area contributed by atoms with Gasteiger partial charge >= 0.3 is 0 Å². The van der Waals surface area contributed by atoms with Gasteiger partial charge in [0.05, 0.1) is 5.92 Å². The van der Waals surface area contributed by atoms with Crippen molar-refractivity contribution >= 4 is 24.0 Å². The zero-order valence-corrected chi connectivity index (χ0v) is 12.8. The Morgan fingerprint density at radius 2 is 1.90 bits per heavy atom. The molecule has 0 aromatic heterocycles. The van der Waals surface area contributed by atoms with Crippen LogP contribution >= 0.6 is 12.4 Å². The van der Waals surface area contributed by atoms with Gasteiger partial charge in [0.25, 0.3) is 0 Å². The Labute approximate surface area is 131 Å². The molecular formula is C16H23ClN2O2. The predicted molar refractivity (Wildman–Crippen MR) is 85.4 cm³/mol. The highest BCUT2D eigenvalue weighted by Gasteiger charge is 2.49. The number of nitrogens with two attached hydrogens (primary N) is 1. The Bertz CT molecular complexity index is 490. The highest BCUT2D eigenvalue weighted by atomic mass is 35.5. The van der Waals surface area contributed by atoms with Gasteiger partial charge in [-0.15, -0.1) is 12.4 Å². The van der Waals surface area contributed by atoms with Crippen molar-refractivity contribution in [3.63, 3.8) is 0 Å². The average Bonchev–Trinajstić information content (AvgIpc) is 3.02. The van der Waals surface area contributed by atoms with Crippen LogP contribution in [-0.4, -0.2) is 23.7 Å². The quantitative estimate of drug-likeness (QED) is 0.795. The highest BCUT2D eigenvalue weighted by Crippen LogP contribution is 2.47. The lowest BCUT2D eigenvalue weighted by atomic mass is 9.84. The Balaban J connectivity index is 0.00000161. The van der Waals surface area contributed by atoms with E-state index in [4.69, 9.17) is 10.8 Å². The number of carbonyl (C=O) groups excluding carboxylic acids is 1. The van der Waals surface area contributed by atoms with Crippen LogP contribution in [0.15, 0.2) is 24.3 Å². The van der Waals surface area contributed by atoms with Crippen molar-refractivity contribution < 1.29 is 9.90 Å². The molecule has 1 amide bonds. The standard InChI is InChI=1S/C16H22N2O2.ClH/c17-15-12-4-3-11(9-12)14(15)16(20)18-13-5-1-10(2-6-13)7-8-19;/h1-2,5-6,11-12,14-15,19H,3-4,7-9,17H2,(H,18,20);1H. The third-order valence-electron chi connectivity index (χ3n) is 4.91. The molecular weight excluding hydrogens is 288 g/mol. The summed E-state index contributed by atoms with van der Waals surface area (Å²) in [6.45, 7) is 0.145. The second-order valence-corrected chi connectivity index (χ2v) is 6.10. The van der Waals surface area contributed by atoms with Gasteiger partial charge in [0.1, 0.15) is 0 Å². The largest absolute Gasteiger partial charge is 0.396 e. The van der Waals surface area contributed by atoms with Crippen LogP contribution in [0.2, 0.25) is 0 Å². The number of fused-ring (bicyclic) bond motifs is 2. The van der Waals surface area contributed by atoms with Gasteiger partial charge in [0.15, 0.2) is 0 Å². The van der Waals surface area contributed by atoms with E-state index in [0.717, 1.165) is 24.1 Å². The summed E-state index contributed by atoms with van der Waals surface area (Å²) in [5.41, 5.74) is 8.08. The number of nitrogens with one attached hydrogen (secondary N) is 1. The van der Waals surface area contributed by atoms with E-state index in [1.807, 2.05) is 24.3 Å². The summed E-state index contributed by atoms with van der Waals surface area (Å²) in [6, 6.07) is 7.69. The number of hydrogen-bond acceptors (Lipinski definition) is 3. The minimum absolute atomic E-state index is 0. The molecule has 2 aliphatic rings. The molecule has 4 N–H and O–H groups in total. The van der Waals surface area contributed by atoms with Crippen LogP contribution in [0.1, 0.15) is 24.8 Å². The molecule has 2 aliphatic carbocycles. The fourth-order valence-electron chi connectivity index (χ4n) is 3.83. The zero-order valence-electron chi connectivity index (χ0n) is 12.0. The van der Waals surface area contributed by atoms with Crippen LogP contribution in [0.3, 0.4) is 0 Å². The Kier molecular flexibility index (Phi) is 5.25. The molecule has 0 heterocycles. The number of halogens is 1. The number of aliphatic hydroxyl groups is 1. The molecule has 0 saturated heterocycles. The molecule has 0 aliphatic heterocycles. The molecule has 0 radical (unpaired) electrons. The van der Waals surface area contributed by atoms with Crippen LogP contribution in [-0.2, 0) is 11.2 Å². The van der Waals surface area contributed by atoms with E-state index in [9.17, 15) is 4.79 Å². The first-order valence-electron chi connectivity index (χ1n) is 7.45. The molecule has 2 fully saturated rings. The number of amides is 1. The number of carbonyl (C=O) groups is 1. The third-order valence-corrected chi connectivity index (χ3v) is 4.91. The zero-order chi connectivity index (χ0) is 14.1. The molecule has 1 aromatic rings. The van der Waals surface area contributed by atoms with Crippen LogP contribution in [0, 0.1) is 17.8 Å². The van der Waals surface area contributed by atoms with Crippen molar-refractivity contribution in [2.24, 2.45) is 23.5 Å². The van der Waals surface area contributed by atoms with Crippen molar-refractivity contribution in [1.29, 1.82) is 0 Å². The lowest BCUT2D eigenvalue weighted by Gasteiger charge is -2.27. The summed E-state index contributed by atoms with van der Waals surface area (Å²) in [5, 5.41) is 11.9.